The van der Waals surface area contributed by atoms with Gasteiger partial charge in [0.25, 0.3) is 5.91 Å². The van der Waals surface area contributed by atoms with Gasteiger partial charge in [0.2, 0.25) is 5.91 Å². The lowest BCUT2D eigenvalue weighted by Gasteiger charge is -2.32. The molecule has 0 radical (unpaired) electrons. The van der Waals surface area contributed by atoms with Crippen molar-refractivity contribution in [3.05, 3.63) is 23.8 Å². The molecule has 8 nitrogen and oxygen atoms in total. The van der Waals surface area contributed by atoms with Crippen LogP contribution in [0.25, 0.3) is 0 Å². The molecule has 1 saturated heterocycles. The molecular formula is C15H20N4O4. The van der Waals surface area contributed by atoms with Gasteiger partial charge in [0.05, 0.1) is 23.7 Å². The van der Waals surface area contributed by atoms with Crippen LogP contribution in [0, 0.1) is 12.8 Å². The van der Waals surface area contributed by atoms with Crippen LogP contribution in [0.15, 0.2) is 12.5 Å². The van der Waals surface area contributed by atoms with Gasteiger partial charge in [-0.05, 0) is 19.8 Å². The Morgan fingerprint density at radius 3 is 2.83 bits per heavy atom. The molecule has 1 aliphatic rings. The first-order chi connectivity index (χ1) is 10.9. The van der Waals surface area contributed by atoms with Crippen molar-refractivity contribution in [2.45, 2.75) is 19.8 Å². The summed E-state index contributed by atoms with van der Waals surface area (Å²) >= 11 is 0. The third-order valence-corrected chi connectivity index (χ3v) is 3.98. The number of carboxylic acids is 1. The van der Waals surface area contributed by atoms with E-state index in [0.717, 1.165) is 0 Å². The van der Waals surface area contributed by atoms with E-state index in [1.807, 2.05) is 0 Å². The summed E-state index contributed by atoms with van der Waals surface area (Å²) in [6, 6.07) is 0. The summed E-state index contributed by atoms with van der Waals surface area (Å²) in [4.78, 5) is 46.3. The highest BCUT2D eigenvalue weighted by atomic mass is 16.4. The van der Waals surface area contributed by atoms with Crippen molar-refractivity contribution in [2.75, 3.05) is 26.7 Å². The number of amides is 2. The van der Waals surface area contributed by atoms with E-state index >= 15 is 0 Å². The van der Waals surface area contributed by atoms with Crippen molar-refractivity contribution < 1.29 is 19.5 Å². The van der Waals surface area contributed by atoms with Crippen LogP contribution < -0.4 is 0 Å². The number of piperidine rings is 1. The first kappa shape index (κ1) is 16.9. The van der Waals surface area contributed by atoms with Crippen LogP contribution in [0.3, 0.4) is 0 Å². The Balaban J connectivity index is 1.98. The van der Waals surface area contributed by atoms with Crippen LogP contribution in [0.2, 0.25) is 0 Å². The van der Waals surface area contributed by atoms with Crippen molar-refractivity contribution >= 4 is 17.8 Å². The fourth-order valence-corrected chi connectivity index (χ4v) is 2.59. The smallest absolute Gasteiger partial charge is 0.308 e. The molecule has 1 fully saturated rings. The fourth-order valence-electron chi connectivity index (χ4n) is 2.59. The van der Waals surface area contributed by atoms with E-state index in [4.69, 9.17) is 5.11 Å². The molecular weight excluding hydrogens is 300 g/mol. The van der Waals surface area contributed by atoms with E-state index in [-0.39, 0.29) is 24.9 Å². The zero-order valence-corrected chi connectivity index (χ0v) is 13.2. The average molecular weight is 320 g/mol. The maximum absolute atomic E-state index is 12.3. The molecule has 23 heavy (non-hydrogen) atoms. The first-order valence-electron chi connectivity index (χ1n) is 7.42. The second kappa shape index (κ2) is 7.17. The van der Waals surface area contributed by atoms with Gasteiger partial charge in [0.1, 0.15) is 6.33 Å². The van der Waals surface area contributed by atoms with Crippen LogP contribution >= 0.6 is 0 Å². The quantitative estimate of drug-likeness (QED) is 0.849. The summed E-state index contributed by atoms with van der Waals surface area (Å²) in [5, 5.41) is 9.07. The SMILES string of the molecule is Cc1ncncc1C(=O)N(C)CC(=O)N1CCCC(C(=O)O)C1. The van der Waals surface area contributed by atoms with Gasteiger partial charge in [-0.1, -0.05) is 0 Å². The Kier molecular flexibility index (Phi) is 5.25. The zero-order valence-electron chi connectivity index (χ0n) is 13.2. The number of aliphatic carboxylic acids is 1. The molecule has 1 N–H and O–H groups in total. The minimum absolute atomic E-state index is 0.0977. The molecule has 0 spiro atoms. The van der Waals surface area contributed by atoms with Crippen LogP contribution in [0.5, 0.6) is 0 Å². The minimum Gasteiger partial charge on any atom is -0.481 e. The van der Waals surface area contributed by atoms with Crippen molar-refractivity contribution in [3.63, 3.8) is 0 Å². The molecule has 2 rings (SSSR count). The van der Waals surface area contributed by atoms with Crippen molar-refractivity contribution in [1.82, 2.24) is 19.8 Å². The van der Waals surface area contributed by atoms with Crippen molar-refractivity contribution in [1.29, 1.82) is 0 Å². The second-order valence-corrected chi connectivity index (χ2v) is 5.70. The average Bonchev–Trinajstić information content (AvgIpc) is 2.54. The van der Waals surface area contributed by atoms with Crippen LogP contribution in [-0.4, -0.2) is 69.3 Å². The van der Waals surface area contributed by atoms with Gasteiger partial charge in [-0.15, -0.1) is 0 Å². The van der Waals surface area contributed by atoms with E-state index < -0.39 is 11.9 Å². The number of likely N-dealkylation sites (N-methyl/N-ethyl adjacent to an activating group) is 1. The molecule has 0 saturated carbocycles. The molecule has 1 unspecified atom stereocenters. The Hall–Kier alpha value is -2.51. The molecule has 2 heterocycles. The van der Waals surface area contributed by atoms with E-state index in [1.54, 1.807) is 6.92 Å². The number of likely N-dealkylation sites (tertiary alicyclic amines) is 1. The van der Waals surface area contributed by atoms with Gasteiger partial charge in [0.15, 0.2) is 0 Å². The molecule has 1 aromatic rings. The number of rotatable bonds is 4. The number of aromatic nitrogens is 2. The summed E-state index contributed by atoms with van der Waals surface area (Å²) in [6.07, 6.45) is 4.02. The largest absolute Gasteiger partial charge is 0.481 e. The third-order valence-electron chi connectivity index (χ3n) is 3.98. The summed E-state index contributed by atoms with van der Waals surface area (Å²) in [5.41, 5.74) is 0.901. The summed E-state index contributed by atoms with van der Waals surface area (Å²) in [7, 11) is 1.53. The Morgan fingerprint density at radius 2 is 2.17 bits per heavy atom. The number of hydrogen-bond donors (Lipinski definition) is 1. The summed E-state index contributed by atoms with van der Waals surface area (Å²) in [5.74, 6) is -1.99. The lowest BCUT2D eigenvalue weighted by Crippen LogP contribution is -2.47. The van der Waals surface area contributed by atoms with Crippen molar-refractivity contribution in [2.24, 2.45) is 5.92 Å². The molecule has 1 atom stereocenters. The predicted octanol–water partition coefficient (Wildman–Crippen LogP) is 0.180. The normalized spacial score (nSPS) is 17.7. The molecule has 124 valence electrons. The van der Waals surface area contributed by atoms with E-state index in [2.05, 4.69) is 9.97 Å². The molecule has 0 aliphatic carbocycles. The maximum Gasteiger partial charge on any atom is 0.308 e. The Labute approximate surface area is 134 Å². The standard InChI is InChI=1S/C15H20N4O4/c1-10-12(6-16-9-17-10)14(21)18(2)8-13(20)19-5-3-4-11(7-19)15(22)23/h6,9,11H,3-5,7-8H2,1-2H3,(H,22,23). The highest BCUT2D eigenvalue weighted by Gasteiger charge is 2.29. The van der Waals surface area contributed by atoms with Crippen LogP contribution in [0.4, 0.5) is 0 Å². The lowest BCUT2D eigenvalue weighted by atomic mass is 9.98. The zero-order chi connectivity index (χ0) is 17.0. The van der Waals surface area contributed by atoms with Gasteiger partial charge in [0, 0.05) is 26.3 Å². The first-order valence-corrected chi connectivity index (χ1v) is 7.42. The molecule has 0 bridgehead atoms. The number of nitrogens with zero attached hydrogens (tertiary/aromatic N) is 4. The van der Waals surface area contributed by atoms with Crippen molar-refractivity contribution in [3.8, 4) is 0 Å². The van der Waals surface area contributed by atoms with Gasteiger partial charge in [-0.25, -0.2) is 9.97 Å². The highest BCUT2D eigenvalue weighted by molar-refractivity contribution is 5.96. The Bertz CT molecular complexity index is 619. The molecule has 8 heteroatoms. The number of carbonyl (C=O) groups excluding carboxylic acids is 2. The van der Waals surface area contributed by atoms with Gasteiger partial charge >= 0.3 is 5.97 Å². The molecule has 1 aliphatic heterocycles. The second-order valence-electron chi connectivity index (χ2n) is 5.70. The van der Waals surface area contributed by atoms with Gasteiger partial charge in [-0.2, -0.15) is 0 Å². The molecule has 1 aromatic heterocycles. The van der Waals surface area contributed by atoms with Gasteiger partial charge in [-0.3, -0.25) is 14.4 Å². The van der Waals surface area contributed by atoms with Gasteiger partial charge < -0.3 is 14.9 Å². The number of hydrogen-bond acceptors (Lipinski definition) is 5. The van der Waals surface area contributed by atoms with E-state index in [0.29, 0.717) is 30.6 Å². The predicted molar refractivity (Wildman–Crippen MR) is 80.7 cm³/mol. The monoisotopic (exact) mass is 320 g/mol. The number of aryl methyl sites for hydroxylation is 1. The maximum atomic E-state index is 12.3. The van der Waals surface area contributed by atoms with E-state index in [9.17, 15) is 14.4 Å². The lowest BCUT2D eigenvalue weighted by molar-refractivity contribution is -0.145. The topological polar surface area (TPSA) is 104 Å². The van der Waals surface area contributed by atoms with E-state index in [1.165, 1.54) is 29.4 Å². The van der Waals surface area contributed by atoms with Crippen LogP contribution in [-0.2, 0) is 9.59 Å². The summed E-state index contributed by atoms with van der Waals surface area (Å²) in [6.45, 7) is 2.33. The summed E-state index contributed by atoms with van der Waals surface area (Å²) < 4.78 is 0. The fraction of sp³-hybridized carbons (Fsp3) is 0.533. The molecule has 2 amide bonds. The van der Waals surface area contributed by atoms with Crippen LogP contribution in [0.1, 0.15) is 28.9 Å². The number of carboxylic acid groups (broad SMARTS) is 1. The Morgan fingerprint density at radius 1 is 1.43 bits per heavy atom. The highest BCUT2D eigenvalue weighted by Crippen LogP contribution is 2.17. The third kappa shape index (κ3) is 4.02. The number of carbonyl (C=O) groups is 3. The minimum atomic E-state index is -0.885. The molecule has 0 aromatic carbocycles.